The molecule has 2 aliphatic rings. The van der Waals surface area contributed by atoms with Crippen LogP contribution in [0.25, 0.3) is 0 Å². The highest BCUT2D eigenvalue weighted by atomic mass is 16.2. The lowest BCUT2D eigenvalue weighted by Gasteiger charge is -2.24. The van der Waals surface area contributed by atoms with Crippen molar-refractivity contribution in [2.75, 3.05) is 19.6 Å². The Balaban J connectivity index is 1.37. The van der Waals surface area contributed by atoms with Gasteiger partial charge in [-0.15, -0.1) is 0 Å². The van der Waals surface area contributed by atoms with Crippen LogP contribution in [0.15, 0.2) is 48.5 Å². The molecule has 2 aromatic carbocycles. The number of rotatable bonds is 7. The monoisotopic (exact) mass is 406 g/mol. The molecule has 0 atom stereocenters. The number of carbonyl (C=O) groups is 2. The molecule has 2 heterocycles. The van der Waals surface area contributed by atoms with Crippen LogP contribution in [0, 0.1) is 0 Å². The predicted molar refractivity (Wildman–Crippen MR) is 117 cm³/mol. The minimum Gasteiger partial charge on any atom is -0.348 e. The topological polar surface area (TPSA) is 53.9 Å². The maximum absolute atomic E-state index is 12.8. The van der Waals surface area contributed by atoms with Gasteiger partial charge in [0.15, 0.2) is 0 Å². The van der Waals surface area contributed by atoms with Crippen LogP contribution in [-0.4, -0.2) is 36.3 Å². The first-order valence-corrected chi connectivity index (χ1v) is 11.2. The second kappa shape index (κ2) is 9.90. The Labute approximate surface area is 179 Å². The largest absolute Gasteiger partial charge is 0.348 e. The minimum atomic E-state index is -0.0651. The van der Waals surface area contributed by atoms with Crippen molar-refractivity contribution >= 4 is 11.8 Å². The van der Waals surface area contributed by atoms with E-state index in [-0.39, 0.29) is 11.8 Å². The van der Waals surface area contributed by atoms with Gasteiger partial charge in [-0.3, -0.25) is 9.59 Å². The van der Waals surface area contributed by atoms with Crippen LogP contribution in [0.2, 0.25) is 0 Å². The summed E-state index contributed by atoms with van der Waals surface area (Å²) in [6, 6.07) is 16.1. The minimum absolute atomic E-state index is 0.0651. The standard InChI is InChI=1S/C25H31N3O2/c29-24-12-7-15-28(24)18-20-8-6-11-21(16-20)25(30)26-17-22-9-2-3-10-23(22)19-27-13-4-1-5-14-27/h2-3,6,8-11,16H,1,4-5,7,12-15,17-19H2,(H,26,30)/p+1. The Bertz CT molecular complexity index is 889. The summed E-state index contributed by atoms with van der Waals surface area (Å²) in [5.74, 6) is 0.141. The third kappa shape index (κ3) is 5.28. The first-order valence-electron chi connectivity index (χ1n) is 11.2. The smallest absolute Gasteiger partial charge is 0.251 e. The molecule has 2 fully saturated rings. The van der Waals surface area contributed by atoms with E-state index in [1.165, 1.54) is 43.5 Å². The summed E-state index contributed by atoms with van der Waals surface area (Å²) >= 11 is 0. The highest BCUT2D eigenvalue weighted by Crippen LogP contribution is 2.15. The fourth-order valence-corrected chi connectivity index (χ4v) is 4.58. The number of carbonyl (C=O) groups excluding carboxylic acids is 2. The summed E-state index contributed by atoms with van der Waals surface area (Å²) in [7, 11) is 0. The van der Waals surface area contributed by atoms with Gasteiger partial charge >= 0.3 is 0 Å². The van der Waals surface area contributed by atoms with Crippen LogP contribution in [0.1, 0.15) is 59.2 Å². The Kier molecular flexibility index (Phi) is 6.80. The molecule has 2 aliphatic heterocycles. The predicted octanol–water partition coefficient (Wildman–Crippen LogP) is 2.31. The molecule has 0 radical (unpaired) electrons. The van der Waals surface area contributed by atoms with Crippen molar-refractivity contribution in [3.63, 3.8) is 0 Å². The Morgan fingerprint density at radius 2 is 1.77 bits per heavy atom. The molecule has 2 N–H and O–H groups in total. The highest BCUT2D eigenvalue weighted by molar-refractivity contribution is 5.94. The summed E-state index contributed by atoms with van der Waals surface area (Å²) in [6.45, 7) is 5.45. The number of hydrogen-bond acceptors (Lipinski definition) is 2. The molecule has 2 saturated heterocycles. The van der Waals surface area contributed by atoms with Crippen LogP contribution in [0.3, 0.4) is 0 Å². The number of nitrogens with one attached hydrogen (secondary N) is 2. The third-order valence-electron chi connectivity index (χ3n) is 6.29. The second-order valence-electron chi connectivity index (χ2n) is 8.56. The van der Waals surface area contributed by atoms with Crippen molar-refractivity contribution < 1.29 is 14.5 Å². The van der Waals surface area contributed by atoms with Crippen molar-refractivity contribution in [2.24, 2.45) is 0 Å². The van der Waals surface area contributed by atoms with E-state index in [0.717, 1.165) is 25.1 Å². The average molecular weight is 407 g/mol. The van der Waals surface area contributed by atoms with Gasteiger partial charge in [-0.25, -0.2) is 0 Å². The number of benzene rings is 2. The van der Waals surface area contributed by atoms with Crippen LogP contribution in [0.4, 0.5) is 0 Å². The molecule has 4 rings (SSSR count). The molecule has 2 aromatic rings. The first kappa shape index (κ1) is 20.6. The van der Waals surface area contributed by atoms with E-state index >= 15 is 0 Å². The zero-order valence-corrected chi connectivity index (χ0v) is 17.7. The number of likely N-dealkylation sites (tertiary alicyclic amines) is 2. The summed E-state index contributed by atoms with van der Waals surface area (Å²) < 4.78 is 0. The fraction of sp³-hybridized carbons (Fsp3) is 0.440. The number of quaternary nitrogens is 1. The summed E-state index contributed by atoms with van der Waals surface area (Å²) in [5.41, 5.74) is 4.18. The molecular weight excluding hydrogens is 374 g/mol. The van der Waals surface area contributed by atoms with Gasteiger partial charge < -0.3 is 15.1 Å². The molecule has 0 spiro atoms. The van der Waals surface area contributed by atoms with Crippen LogP contribution in [0.5, 0.6) is 0 Å². The Morgan fingerprint density at radius 3 is 2.53 bits per heavy atom. The van der Waals surface area contributed by atoms with Crippen molar-refractivity contribution in [3.05, 3.63) is 70.8 Å². The van der Waals surface area contributed by atoms with Gasteiger partial charge in [0.05, 0.1) is 13.1 Å². The first-order chi connectivity index (χ1) is 14.7. The molecule has 5 nitrogen and oxygen atoms in total. The van der Waals surface area contributed by atoms with Crippen molar-refractivity contribution in [1.29, 1.82) is 0 Å². The lowest BCUT2D eigenvalue weighted by molar-refractivity contribution is -0.918. The Hall–Kier alpha value is -2.66. The van der Waals surface area contributed by atoms with Gasteiger partial charge in [0, 0.05) is 37.2 Å². The van der Waals surface area contributed by atoms with Crippen molar-refractivity contribution in [1.82, 2.24) is 10.2 Å². The molecule has 0 aliphatic carbocycles. The number of piperidine rings is 1. The molecular formula is C25H32N3O2+. The van der Waals surface area contributed by atoms with E-state index < -0.39 is 0 Å². The number of hydrogen-bond donors (Lipinski definition) is 2. The zero-order valence-electron chi connectivity index (χ0n) is 17.7. The van der Waals surface area contributed by atoms with E-state index in [1.807, 2.05) is 35.2 Å². The van der Waals surface area contributed by atoms with Crippen LogP contribution in [-0.2, 0) is 24.4 Å². The molecule has 0 unspecified atom stereocenters. The van der Waals surface area contributed by atoms with E-state index in [1.54, 1.807) is 4.90 Å². The maximum atomic E-state index is 12.8. The molecule has 0 bridgehead atoms. The summed E-state index contributed by atoms with van der Waals surface area (Å²) in [5, 5.41) is 3.09. The van der Waals surface area contributed by atoms with Gasteiger partial charge in [0.1, 0.15) is 6.54 Å². The van der Waals surface area contributed by atoms with Gasteiger partial charge in [0.25, 0.3) is 5.91 Å². The third-order valence-corrected chi connectivity index (χ3v) is 6.29. The van der Waals surface area contributed by atoms with Crippen molar-refractivity contribution in [2.45, 2.75) is 51.7 Å². The Morgan fingerprint density at radius 1 is 0.967 bits per heavy atom. The van der Waals surface area contributed by atoms with Gasteiger partial charge in [-0.1, -0.05) is 36.4 Å². The summed E-state index contributed by atoms with van der Waals surface area (Å²) in [4.78, 5) is 28.2. The van der Waals surface area contributed by atoms with Gasteiger partial charge in [-0.05, 0) is 48.9 Å². The molecule has 2 amide bonds. The van der Waals surface area contributed by atoms with E-state index in [4.69, 9.17) is 0 Å². The van der Waals surface area contributed by atoms with E-state index in [0.29, 0.717) is 25.1 Å². The quantitative estimate of drug-likeness (QED) is 0.741. The summed E-state index contributed by atoms with van der Waals surface area (Å²) in [6.07, 6.45) is 5.55. The lowest BCUT2D eigenvalue weighted by Crippen LogP contribution is -3.11. The maximum Gasteiger partial charge on any atom is 0.251 e. The number of amides is 2. The molecule has 5 heteroatoms. The number of nitrogens with zero attached hydrogens (tertiary/aromatic N) is 1. The van der Waals surface area contributed by atoms with E-state index in [9.17, 15) is 9.59 Å². The van der Waals surface area contributed by atoms with Gasteiger partial charge in [0.2, 0.25) is 5.91 Å². The zero-order chi connectivity index (χ0) is 20.8. The van der Waals surface area contributed by atoms with Crippen LogP contribution < -0.4 is 10.2 Å². The lowest BCUT2D eigenvalue weighted by atomic mass is 10.0. The van der Waals surface area contributed by atoms with E-state index in [2.05, 4.69) is 23.5 Å². The normalized spacial score (nSPS) is 17.3. The average Bonchev–Trinajstić information content (AvgIpc) is 3.18. The van der Waals surface area contributed by atoms with Crippen LogP contribution >= 0.6 is 0 Å². The molecule has 158 valence electrons. The second-order valence-corrected chi connectivity index (χ2v) is 8.56. The van der Waals surface area contributed by atoms with Gasteiger partial charge in [-0.2, -0.15) is 0 Å². The molecule has 0 saturated carbocycles. The highest BCUT2D eigenvalue weighted by Gasteiger charge is 2.20. The molecule has 0 aromatic heterocycles. The SMILES string of the molecule is O=C(NCc1ccccc1C[NH+]1CCCCC1)c1cccc(CN2CCCC2=O)c1. The molecule has 30 heavy (non-hydrogen) atoms. The van der Waals surface area contributed by atoms with Crippen molar-refractivity contribution in [3.8, 4) is 0 Å². The fourth-order valence-electron chi connectivity index (χ4n) is 4.58.